The van der Waals surface area contributed by atoms with E-state index in [2.05, 4.69) is 9.97 Å². The van der Waals surface area contributed by atoms with Crippen molar-refractivity contribution in [3.05, 3.63) is 40.4 Å². The molecule has 0 atom stereocenters. The maximum Gasteiger partial charge on any atom is 0.347 e. The number of nitrogens with zero attached hydrogens (tertiary/aromatic N) is 2. The van der Waals surface area contributed by atoms with Gasteiger partial charge in [-0.05, 0) is 30.9 Å². The first kappa shape index (κ1) is 11.2. The van der Waals surface area contributed by atoms with Crippen LogP contribution in [0.25, 0.3) is 21.9 Å². The van der Waals surface area contributed by atoms with Gasteiger partial charge in [-0.3, -0.25) is 0 Å². The molecule has 0 N–H and O–H groups in total. The molecule has 0 spiro atoms. The molecule has 2 heterocycles. The van der Waals surface area contributed by atoms with Gasteiger partial charge in [0.15, 0.2) is 5.16 Å². The van der Waals surface area contributed by atoms with Gasteiger partial charge in [-0.1, -0.05) is 17.8 Å². The summed E-state index contributed by atoms with van der Waals surface area (Å²) in [6.45, 7) is 1.96. The highest BCUT2D eigenvalue weighted by Crippen LogP contribution is 2.23. The van der Waals surface area contributed by atoms with E-state index in [0.29, 0.717) is 21.6 Å². The van der Waals surface area contributed by atoms with Gasteiger partial charge in [0.2, 0.25) is 0 Å². The van der Waals surface area contributed by atoms with Crippen molar-refractivity contribution in [1.29, 1.82) is 0 Å². The number of fused-ring (bicyclic) bond motifs is 3. The molecule has 0 aliphatic rings. The van der Waals surface area contributed by atoms with Crippen LogP contribution in [0.4, 0.5) is 0 Å². The van der Waals surface area contributed by atoms with E-state index >= 15 is 0 Å². The highest BCUT2D eigenvalue weighted by Gasteiger charge is 2.10. The first-order chi connectivity index (χ1) is 8.69. The minimum atomic E-state index is -0.393. The van der Waals surface area contributed by atoms with E-state index in [9.17, 15) is 4.79 Å². The Bertz CT molecular complexity index is 811. The van der Waals surface area contributed by atoms with Crippen molar-refractivity contribution in [2.75, 3.05) is 6.26 Å². The van der Waals surface area contributed by atoms with Crippen molar-refractivity contribution >= 4 is 33.6 Å². The van der Waals surface area contributed by atoms with Gasteiger partial charge in [0.25, 0.3) is 0 Å². The number of thioether (sulfide) groups is 1. The number of aryl methyl sites for hydroxylation is 1. The highest BCUT2D eigenvalue weighted by molar-refractivity contribution is 7.98. The van der Waals surface area contributed by atoms with Gasteiger partial charge in [0.05, 0.1) is 5.52 Å². The van der Waals surface area contributed by atoms with Crippen LogP contribution in [0.5, 0.6) is 0 Å². The predicted octanol–water partition coefficient (Wildman–Crippen LogP) is 2.77. The zero-order valence-electron chi connectivity index (χ0n) is 9.93. The molecule has 2 aromatic heterocycles. The van der Waals surface area contributed by atoms with Crippen LogP contribution >= 0.6 is 11.8 Å². The Hall–Kier alpha value is -1.88. The van der Waals surface area contributed by atoms with Gasteiger partial charge in [-0.2, -0.15) is 0 Å². The number of aromatic nitrogens is 2. The first-order valence-corrected chi connectivity index (χ1v) is 6.66. The Balaban J connectivity index is 2.54. The fraction of sp³-hybridized carbons (Fsp3) is 0.154. The van der Waals surface area contributed by atoms with Crippen LogP contribution in [0.1, 0.15) is 5.56 Å². The molecule has 0 saturated heterocycles. The third-order valence-electron chi connectivity index (χ3n) is 2.76. The Kier molecular flexibility index (Phi) is 2.56. The lowest BCUT2D eigenvalue weighted by molar-refractivity contribution is 0.568. The molecular weight excluding hydrogens is 248 g/mol. The summed E-state index contributed by atoms with van der Waals surface area (Å²) in [6.07, 6.45) is 3.43. The first-order valence-electron chi connectivity index (χ1n) is 5.43. The van der Waals surface area contributed by atoms with Gasteiger partial charge in [-0.15, -0.1) is 0 Å². The van der Waals surface area contributed by atoms with Gasteiger partial charge in [-0.25, -0.2) is 14.8 Å². The monoisotopic (exact) mass is 258 g/mol. The molecule has 5 heteroatoms. The maximum atomic E-state index is 11.9. The third kappa shape index (κ3) is 1.67. The number of hydrogen-bond donors (Lipinski definition) is 0. The average Bonchev–Trinajstić information content (AvgIpc) is 2.38. The molecule has 3 aromatic rings. The zero-order chi connectivity index (χ0) is 12.7. The standard InChI is InChI=1S/C13H10N2O2S/c1-7-3-4-8-10(5-7)17-12(16)9-6-14-13(18-2)15-11(8)9/h3-6H,1-2H3. The Morgan fingerprint density at radius 3 is 2.89 bits per heavy atom. The zero-order valence-corrected chi connectivity index (χ0v) is 10.7. The number of benzene rings is 1. The van der Waals surface area contributed by atoms with Crippen molar-refractivity contribution in [3.63, 3.8) is 0 Å². The second-order valence-corrected chi connectivity index (χ2v) is 4.78. The summed E-state index contributed by atoms with van der Waals surface area (Å²) in [5, 5.41) is 1.91. The molecule has 0 fully saturated rings. The fourth-order valence-corrected chi connectivity index (χ4v) is 2.22. The Labute approximate surface area is 107 Å². The van der Waals surface area contributed by atoms with Crippen LogP contribution in [-0.4, -0.2) is 16.2 Å². The minimum absolute atomic E-state index is 0.393. The topological polar surface area (TPSA) is 56.0 Å². The number of rotatable bonds is 1. The second kappa shape index (κ2) is 4.10. The molecule has 3 rings (SSSR count). The smallest absolute Gasteiger partial charge is 0.347 e. The molecule has 0 aliphatic carbocycles. The van der Waals surface area contributed by atoms with Gasteiger partial charge in [0.1, 0.15) is 11.0 Å². The van der Waals surface area contributed by atoms with Crippen molar-refractivity contribution in [1.82, 2.24) is 9.97 Å². The van der Waals surface area contributed by atoms with Crippen LogP contribution in [0, 0.1) is 6.92 Å². The minimum Gasteiger partial charge on any atom is -0.422 e. The summed E-state index contributed by atoms with van der Waals surface area (Å²) in [6, 6.07) is 5.74. The van der Waals surface area contributed by atoms with Crippen LogP contribution < -0.4 is 5.63 Å². The summed E-state index contributed by atoms with van der Waals surface area (Å²) < 4.78 is 5.29. The lowest BCUT2D eigenvalue weighted by atomic mass is 10.1. The lowest BCUT2D eigenvalue weighted by Crippen LogP contribution is -2.02. The highest BCUT2D eigenvalue weighted by atomic mass is 32.2. The summed E-state index contributed by atoms with van der Waals surface area (Å²) in [4.78, 5) is 20.4. The molecule has 0 unspecified atom stereocenters. The molecule has 0 amide bonds. The average molecular weight is 258 g/mol. The molecule has 1 aromatic carbocycles. The van der Waals surface area contributed by atoms with Gasteiger partial charge in [0, 0.05) is 11.6 Å². The summed E-state index contributed by atoms with van der Waals surface area (Å²) in [5.41, 5.74) is 1.87. The van der Waals surface area contributed by atoms with Gasteiger partial charge < -0.3 is 4.42 Å². The molecule has 0 aliphatic heterocycles. The van der Waals surface area contributed by atoms with Gasteiger partial charge >= 0.3 is 5.63 Å². The van der Waals surface area contributed by atoms with Crippen molar-refractivity contribution in [2.24, 2.45) is 0 Å². The van der Waals surface area contributed by atoms with Crippen molar-refractivity contribution in [3.8, 4) is 0 Å². The Morgan fingerprint density at radius 2 is 2.11 bits per heavy atom. The summed E-state index contributed by atoms with van der Waals surface area (Å²) in [5.74, 6) is 0. The van der Waals surface area contributed by atoms with E-state index in [1.165, 1.54) is 18.0 Å². The van der Waals surface area contributed by atoms with Crippen LogP contribution in [-0.2, 0) is 0 Å². The quantitative estimate of drug-likeness (QED) is 0.291. The summed E-state index contributed by atoms with van der Waals surface area (Å²) in [7, 11) is 0. The third-order valence-corrected chi connectivity index (χ3v) is 3.33. The van der Waals surface area contributed by atoms with Crippen molar-refractivity contribution in [2.45, 2.75) is 12.1 Å². The fourth-order valence-electron chi connectivity index (χ4n) is 1.88. The molecule has 0 radical (unpaired) electrons. The molecule has 0 bridgehead atoms. The SMILES string of the molecule is CSc1ncc2c(=O)oc3cc(C)ccc3c2n1. The maximum absolute atomic E-state index is 11.9. The van der Waals surface area contributed by atoms with E-state index in [1.807, 2.05) is 31.4 Å². The molecule has 0 saturated carbocycles. The Morgan fingerprint density at radius 1 is 1.28 bits per heavy atom. The largest absolute Gasteiger partial charge is 0.422 e. The molecular formula is C13H10N2O2S. The van der Waals surface area contributed by atoms with Crippen LogP contribution in [0.2, 0.25) is 0 Å². The normalized spacial score (nSPS) is 11.2. The van der Waals surface area contributed by atoms with E-state index in [4.69, 9.17) is 4.42 Å². The second-order valence-electron chi connectivity index (χ2n) is 4.01. The van der Waals surface area contributed by atoms with E-state index in [0.717, 1.165) is 10.9 Å². The molecule has 4 nitrogen and oxygen atoms in total. The summed E-state index contributed by atoms with van der Waals surface area (Å²) >= 11 is 1.45. The number of hydrogen-bond acceptors (Lipinski definition) is 5. The lowest BCUT2D eigenvalue weighted by Gasteiger charge is -2.03. The molecule has 90 valence electrons. The van der Waals surface area contributed by atoms with E-state index in [1.54, 1.807) is 0 Å². The van der Waals surface area contributed by atoms with Crippen LogP contribution in [0.15, 0.2) is 38.8 Å². The van der Waals surface area contributed by atoms with E-state index in [-0.39, 0.29) is 0 Å². The predicted molar refractivity (Wildman–Crippen MR) is 72.1 cm³/mol. The van der Waals surface area contributed by atoms with E-state index < -0.39 is 5.63 Å². The van der Waals surface area contributed by atoms with Crippen LogP contribution in [0.3, 0.4) is 0 Å². The molecule has 18 heavy (non-hydrogen) atoms. The van der Waals surface area contributed by atoms with Crippen molar-refractivity contribution < 1.29 is 4.42 Å².